The van der Waals surface area contributed by atoms with E-state index in [2.05, 4.69) is 130 Å². The summed E-state index contributed by atoms with van der Waals surface area (Å²) >= 11 is 0. The zero-order valence-electron chi connectivity index (χ0n) is 46.9. The number of hydrogen-bond donors (Lipinski definition) is 0. The zero-order chi connectivity index (χ0) is 59.2. The van der Waals surface area contributed by atoms with Crippen LogP contribution in [0.15, 0.2) is 267 Å². The summed E-state index contributed by atoms with van der Waals surface area (Å²) in [6.45, 7) is 0. The van der Waals surface area contributed by atoms with Crippen LogP contribution < -0.4 is 0 Å². The Bertz CT molecular complexity index is 5160. The molecule has 4 heterocycles. The van der Waals surface area contributed by atoms with Crippen molar-refractivity contribution in [2.24, 2.45) is 0 Å². The standard InChI is InChI=1S/C78H44N10/c79-44-49-14-22-53(23-15-49)59-30-34-69-65(40-59)66-41-60(54-24-16-50(45-80)17-25-54)31-35-70(66)87(69)73-13-7-12-64(78-85-76(57-8-3-1-4-9-57)84-77(86-78)58-10-5-2-6-11-58)75(73)63-38-39-83-48-74(63)88-71-36-32-61(55-26-18-51(46-81)19-27-55)42-67(71)68-43-62(33-37-72(68)88)56-28-20-52(47-82)21-29-56/h1-43,48H. The van der Waals surface area contributed by atoms with Crippen molar-refractivity contribution >= 4 is 43.6 Å². The van der Waals surface area contributed by atoms with Crippen LogP contribution in [0.3, 0.4) is 0 Å². The Morgan fingerprint density at radius 2 is 0.614 bits per heavy atom. The quantitative estimate of drug-likeness (QED) is 0.131. The smallest absolute Gasteiger partial charge is 0.164 e. The largest absolute Gasteiger partial charge is 0.309 e. The molecule has 88 heavy (non-hydrogen) atoms. The van der Waals surface area contributed by atoms with Crippen LogP contribution >= 0.6 is 0 Å². The highest BCUT2D eigenvalue weighted by atomic mass is 15.0. The van der Waals surface area contributed by atoms with E-state index in [1.807, 2.05) is 170 Å². The highest BCUT2D eigenvalue weighted by Gasteiger charge is 2.26. The fraction of sp³-hybridized carbons (Fsp3) is 0. The van der Waals surface area contributed by atoms with E-state index in [0.717, 1.165) is 127 Å². The molecule has 0 unspecified atom stereocenters. The van der Waals surface area contributed by atoms with Crippen LogP contribution in [0, 0.1) is 45.3 Å². The molecule has 0 aliphatic heterocycles. The first-order chi connectivity index (χ1) is 43.4. The number of benzene rings is 11. The fourth-order valence-corrected chi connectivity index (χ4v) is 12.1. The second-order valence-corrected chi connectivity index (χ2v) is 21.5. The third kappa shape index (κ3) is 9.13. The van der Waals surface area contributed by atoms with Crippen LogP contribution in [0.4, 0.5) is 0 Å². The molecule has 0 bridgehead atoms. The molecule has 0 spiro atoms. The van der Waals surface area contributed by atoms with Gasteiger partial charge in [0.1, 0.15) is 0 Å². The van der Waals surface area contributed by atoms with Crippen LogP contribution in [0.25, 0.3) is 145 Å². The summed E-state index contributed by atoms with van der Waals surface area (Å²) in [7, 11) is 0. The van der Waals surface area contributed by atoms with Gasteiger partial charge in [0.15, 0.2) is 17.5 Å². The van der Waals surface area contributed by atoms with Gasteiger partial charge in [0.05, 0.1) is 86.2 Å². The highest BCUT2D eigenvalue weighted by Crippen LogP contribution is 2.46. The molecular weight excluding hydrogens is 1080 g/mol. The van der Waals surface area contributed by atoms with Crippen molar-refractivity contribution in [3.05, 3.63) is 289 Å². The van der Waals surface area contributed by atoms with Crippen LogP contribution in [0.5, 0.6) is 0 Å². The first-order valence-electron chi connectivity index (χ1n) is 28.6. The molecule has 0 saturated carbocycles. The molecule has 10 nitrogen and oxygen atoms in total. The summed E-state index contributed by atoms with van der Waals surface area (Å²) in [5.74, 6) is 1.52. The maximum absolute atomic E-state index is 9.74. The van der Waals surface area contributed by atoms with E-state index in [9.17, 15) is 21.0 Å². The maximum atomic E-state index is 9.74. The van der Waals surface area contributed by atoms with Crippen molar-refractivity contribution in [1.29, 1.82) is 21.0 Å². The molecule has 0 saturated heterocycles. The molecule has 10 heteroatoms. The SMILES string of the molecule is N#Cc1ccc(-c2ccc3c(c2)c2cc(-c4ccc(C#N)cc4)ccc2n3-c2cnccc2-c2c(-c3nc(-c4ccccc4)nc(-c4ccccc4)n3)cccc2-n2c3ccc(-c4ccc(C#N)cc4)cc3c3cc(-c4ccc(C#N)cc4)ccc32)cc1. The molecule has 15 aromatic rings. The highest BCUT2D eigenvalue weighted by molar-refractivity contribution is 6.14. The normalized spacial score (nSPS) is 11.1. The number of hydrogen-bond acceptors (Lipinski definition) is 8. The first-order valence-corrected chi connectivity index (χ1v) is 28.6. The summed E-state index contributed by atoms with van der Waals surface area (Å²) in [5.41, 5.74) is 19.8. The number of rotatable bonds is 10. The summed E-state index contributed by atoms with van der Waals surface area (Å²) in [5, 5.41) is 42.9. The Kier molecular flexibility index (Phi) is 12.8. The maximum Gasteiger partial charge on any atom is 0.164 e. The van der Waals surface area contributed by atoms with Crippen LogP contribution in [0.1, 0.15) is 22.3 Å². The third-order valence-corrected chi connectivity index (χ3v) is 16.5. The molecule has 0 N–H and O–H groups in total. The molecule has 0 aliphatic carbocycles. The molecule has 4 aromatic heterocycles. The van der Waals surface area contributed by atoms with Gasteiger partial charge in [0.25, 0.3) is 0 Å². The second kappa shape index (κ2) is 21.7. The van der Waals surface area contributed by atoms with Gasteiger partial charge >= 0.3 is 0 Å². The Morgan fingerprint density at radius 3 is 0.977 bits per heavy atom. The van der Waals surface area contributed by atoms with Crippen molar-refractivity contribution in [3.8, 4) is 125 Å². The van der Waals surface area contributed by atoms with Gasteiger partial charge in [-0.2, -0.15) is 21.0 Å². The summed E-state index contributed by atoms with van der Waals surface area (Å²) in [4.78, 5) is 20.9. The van der Waals surface area contributed by atoms with Gasteiger partial charge < -0.3 is 9.13 Å². The lowest BCUT2D eigenvalue weighted by atomic mass is 9.95. The summed E-state index contributed by atoms with van der Waals surface area (Å²) in [6.07, 6.45) is 3.78. The molecule has 15 rings (SSSR count). The minimum absolute atomic E-state index is 0.473. The molecule has 0 aliphatic rings. The van der Waals surface area contributed by atoms with E-state index in [1.165, 1.54) is 0 Å². The number of nitrogens with zero attached hydrogens (tertiary/aromatic N) is 10. The van der Waals surface area contributed by atoms with Crippen molar-refractivity contribution in [2.45, 2.75) is 0 Å². The van der Waals surface area contributed by atoms with E-state index >= 15 is 0 Å². The van der Waals surface area contributed by atoms with Crippen LogP contribution in [-0.4, -0.2) is 29.1 Å². The lowest BCUT2D eigenvalue weighted by molar-refractivity contribution is 1.07. The third-order valence-electron chi connectivity index (χ3n) is 16.5. The predicted octanol–water partition coefficient (Wildman–Crippen LogP) is 18.3. The minimum Gasteiger partial charge on any atom is -0.309 e. The van der Waals surface area contributed by atoms with Gasteiger partial charge in [-0.15, -0.1) is 0 Å². The van der Waals surface area contributed by atoms with E-state index in [1.54, 1.807) is 0 Å². The van der Waals surface area contributed by atoms with E-state index in [4.69, 9.17) is 19.9 Å². The Morgan fingerprint density at radius 1 is 0.273 bits per heavy atom. The number of fused-ring (bicyclic) bond motifs is 6. The van der Waals surface area contributed by atoms with Crippen LogP contribution in [0.2, 0.25) is 0 Å². The molecule has 406 valence electrons. The van der Waals surface area contributed by atoms with Crippen molar-refractivity contribution in [2.75, 3.05) is 0 Å². The monoisotopic (exact) mass is 1120 g/mol. The van der Waals surface area contributed by atoms with Gasteiger partial charge in [-0.3, -0.25) is 4.98 Å². The Labute approximate surface area is 505 Å². The average molecular weight is 1120 g/mol. The predicted molar refractivity (Wildman–Crippen MR) is 349 cm³/mol. The molecule has 11 aromatic carbocycles. The second-order valence-electron chi connectivity index (χ2n) is 21.5. The van der Waals surface area contributed by atoms with Gasteiger partial charge in [-0.05, 0) is 154 Å². The molecule has 0 atom stereocenters. The summed E-state index contributed by atoms with van der Waals surface area (Å²) in [6, 6.07) is 94.4. The van der Waals surface area contributed by atoms with E-state index in [0.29, 0.717) is 39.7 Å². The van der Waals surface area contributed by atoms with Gasteiger partial charge in [0, 0.05) is 55.6 Å². The number of aromatic nitrogens is 6. The van der Waals surface area contributed by atoms with Crippen molar-refractivity contribution < 1.29 is 0 Å². The van der Waals surface area contributed by atoms with E-state index in [-0.39, 0.29) is 0 Å². The van der Waals surface area contributed by atoms with Gasteiger partial charge in [0.2, 0.25) is 0 Å². The van der Waals surface area contributed by atoms with Crippen molar-refractivity contribution in [3.63, 3.8) is 0 Å². The number of pyridine rings is 1. The van der Waals surface area contributed by atoms with Crippen molar-refractivity contribution in [1.82, 2.24) is 29.1 Å². The molecular formula is C78H44N10. The first kappa shape index (κ1) is 52.0. The zero-order valence-corrected chi connectivity index (χ0v) is 46.9. The topological polar surface area (TPSA) is 157 Å². The molecule has 0 fully saturated rings. The average Bonchev–Trinajstić information content (AvgIpc) is 1.59. The van der Waals surface area contributed by atoms with Gasteiger partial charge in [-0.25, -0.2) is 15.0 Å². The minimum atomic E-state index is 0.473. The van der Waals surface area contributed by atoms with Gasteiger partial charge in [-0.1, -0.05) is 146 Å². The fourth-order valence-electron chi connectivity index (χ4n) is 12.1. The lowest BCUT2D eigenvalue weighted by Crippen LogP contribution is -2.06. The Balaban J connectivity index is 1.04. The summed E-state index contributed by atoms with van der Waals surface area (Å²) < 4.78 is 4.65. The Hall–Kier alpha value is -12.9. The van der Waals surface area contributed by atoms with Crippen LogP contribution in [-0.2, 0) is 0 Å². The molecule has 0 radical (unpaired) electrons. The molecule has 0 amide bonds. The number of nitriles is 4. The van der Waals surface area contributed by atoms with E-state index < -0.39 is 0 Å². The lowest BCUT2D eigenvalue weighted by Gasteiger charge is -2.21.